The van der Waals surface area contributed by atoms with Crippen LogP contribution in [0.3, 0.4) is 0 Å². The summed E-state index contributed by atoms with van der Waals surface area (Å²) in [6.45, 7) is 6.19. The Morgan fingerprint density at radius 2 is 2.03 bits per heavy atom. The van der Waals surface area contributed by atoms with Crippen molar-refractivity contribution in [3.05, 3.63) is 87.9 Å². The van der Waals surface area contributed by atoms with Gasteiger partial charge in [-0.2, -0.15) is 0 Å². The Labute approximate surface area is 209 Å². The maximum atomic E-state index is 13.3. The number of allylic oxidation sites excluding steroid dienone is 1. The molecule has 2 aromatic carbocycles. The summed E-state index contributed by atoms with van der Waals surface area (Å²) in [5, 5.41) is 13.1. The van der Waals surface area contributed by atoms with Crippen LogP contribution in [0.2, 0.25) is 10.0 Å². The Morgan fingerprint density at radius 3 is 2.79 bits per heavy atom. The van der Waals surface area contributed by atoms with Gasteiger partial charge in [0.25, 0.3) is 0 Å². The molecule has 5 nitrogen and oxygen atoms in total. The largest absolute Gasteiger partial charge is 0.481 e. The number of ether oxygens (including phenoxy) is 1. The number of thiazole rings is 1. The molecule has 0 aliphatic heterocycles. The van der Waals surface area contributed by atoms with E-state index in [4.69, 9.17) is 32.9 Å². The minimum Gasteiger partial charge on any atom is -0.481 e. The molecule has 2 aromatic heterocycles. The van der Waals surface area contributed by atoms with Crippen molar-refractivity contribution in [3.8, 4) is 16.3 Å². The lowest BCUT2D eigenvalue weighted by atomic mass is 10.2. The fraction of sp³-hybridized carbons (Fsp3) is 0.174. The van der Waals surface area contributed by atoms with Crippen LogP contribution >= 0.6 is 46.3 Å². The van der Waals surface area contributed by atoms with Crippen molar-refractivity contribution in [2.24, 2.45) is 0 Å². The summed E-state index contributed by atoms with van der Waals surface area (Å²) in [4.78, 5) is 4.71. The molecule has 1 unspecified atom stereocenters. The molecule has 33 heavy (non-hydrogen) atoms. The van der Waals surface area contributed by atoms with E-state index >= 15 is 0 Å². The molecule has 4 rings (SSSR count). The number of halogens is 3. The van der Waals surface area contributed by atoms with Gasteiger partial charge in [0.1, 0.15) is 16.6 Å². The van der Waals surface area contributed by atoms with Crippen molar-refractivity contribution < 1.29 is 9.13 Å². The molecule has 170 valence electrons. The van der Waals surface area contributed by atoms with E-state index in [0.29, 0.717) is 28.9 Å². The Morgan fingerprint density at radius 1 is 1.21 bits per heavy atom. The van der Waals surface area contributed by atoms with Crippen LogP contribution in [0.15, 0.2) is 65.7 Å². The monoisotopic (exact) mass is 520 g/mol. The minimum atomic E-state index is -0.458. The average molecular weight is 521 g/mol. The van der Waals surface area contributed by atoms with Crippen molar-refractivity contribution in [1.29, 1.82) is 0 Å². The highest BCUT2D eigenvalue weighted by Gasteiger charge is 2.20. The first-order valence-corrected chi connectivity index (χ1v) is 12.6. The third-order valence-electron chi connectivity index (χ3n) is 4.62. The molecular formula is C23H19Cl2FN4OS2. The van der Waals surface area contributed by atoms with Gasteiger partial charge < -0.3 is 4.74 Å². The summed E-state index contributed by atoms with van der Waals surface area (Å²) in [7, 11) is 0. The van der Waals surface area contributed by atoms with E-state index in [-0.39, 0.29) is 5.02 Å². The van der Waals surface area contributed by atoms with Gasteiger partial charge in [0.05, 0.1) is 15.7 Å². The fourth-order valence-corrected chi connectivity index (χ4v) is 5.40. The number of rotatable bonds is 9. The van der Waals surface area contributed by atoms with Gasteiger partial charge >= 0.3 is 0 Å². The number of benzene rings is 2. The Balaban J connectivity index is 1.49. The van der Waals surface area contributed by atoms with E-state index in [0.717, 1.165) is 21.4 Å². The molecule has 1 atom stereocenters. The van der Waals surface area contributed by atoms with Crippen molar-refractivity contribution in [2.45, 2.75) is 30.5 Å². The zero-order valence-corrected chi connectivity index (χ0v) is 20.7. The maximum Gasteiger partial charge on any atom is 0.192 e. The van der Waals surface area contributed by atoms with Crippen LogP contribution in [0.25, 0.3) is 10.6 Å². The zero-order valence-electron chi connectivity index (χ0n) is 17.5. The topological polar surface area (TPSA) is 52.8 Å². The van der Waals surface area contributed by atoms with Crippen LogP contribution < -0.4 is 4.74 Å². The standard InChI is InChI=1S/C23H19Cl2FN4OS2/c1-3-10-30-21(14(2)31-20-9-8-15(26)11-19(20)25)28-29-23(30)33-13-16-12-32-22(27-16)17-6-4-5-7-18(17)24/h3-9,11-12,14H,1,10,13H2,2H3. The van der Waals surface area contributed by atoms with Crippen molar-refractivity contribution in [1.82, 2.24) is 19.7 Å². The van der Waals surface area contributed by atoms with Crippen LogP contribution in [-0.2, 0) is 12.3 Å². The molecule has 0 saturated heterocycles. The third-order valence-corrected chi connectivity index (χ3v) is 7.17. The molecule has 0 bridgehead atoms. The number of thioether (sulfide) groups is 1. The van der Waals surface area contributed by atoms with E-state index in [2.05, 4.69) is 16.8 Å². The van der Waals surface area contributed by atoms with Gasteiger partial charge in [-0.15, -0.1) is 28.1 Å². The molecule has 0 radical (unpaired) electrons. The molecule has 4 aromatic rings. The average Bonchev–Trinajstić information content (AvgIpc) is 3.42. The highest BCUT2D eigenvalue weighted by molar-refractivity contribution is 7.98. The molecule has 0 amide bonds. The molecule has 0 saturated carbocycles. The number of hydrogen-bond donors (Lipinski definition) is 0. The Hall–Kier alpha value is -2.39. The number of aromatic nitrogens is 4. The molecule has 0 spiro atoms. The smallest absolute Gasteiger partial charge is 0.192 e. The lowest BCUT2D eigenvalue weighted by molar-refractivity contribution is 0.210. The van der Waals surface area contributed by atoms with Gasteiger partial charge in [-0.05, 0) is 31.2 Å². The van der Waals surface area contributed by atoms with Crippen LogP contribution in [0.5, 0.6) is 5.75 Å². The van der Waals surface area contributed by atoms with Crippen molar-refractivity contribution in [3.63, 3.8) is 0 Å². The van der Waals surface area contributed by atoms with E-state index in [1.54, 1.807) is 17.4 Å². The lowest BCUT2D eigenvalue weighted by Gasteiger charge is -2.16. The third kappa shape index (κ3) is 5.58. The molecule has 10 heteroatoms. The quantitative estimate of drug-likeness (QED) is 0.169. The normalized spacial score (nSPS) is 12.0. The first-order chi connectivity index (χ1) is 16.0. The number of nitrogens with zero attached hydrogens (tertiary/aromatic N) is 4. The second kappa shape index (κ2) is 10.7. The van der Waals surface area contributed by atoms with E-state index in [9.17, 15) is 4.39 Å². The molecule has 0 fully saturated rings. The van der Waals surface area contributed by atoms with Gasteiger partial charge in [-0.25, -0.2) is 9.37 Å². The Kier molecular flexibility index (Phi) is 7.70. The van der Waals surface area contributed by atoms with Crippen LogP contribution in [0, 0.1) is 5.82 Å². The summed E-state index contributed by atoms with van der Waals surface area (Å²) >= 11 is 15.5. The van der Waals surface area contributed by atoms with Gasteiger partial charge in [0.2, 0.25) is 0 Å². The van der Waals surface area contributed by atoms with E-state index in [1.807, 2.05) is 41.1 Å². The van der Waals surface area contributed by atoms with Gasteiger partial charge in [-0.3, -0.25) is 4.57 Å². The Bertz CT molecular complexity index is 1280. The predicted octanol–water partition coefficient (Wildman–Crippen LogP) is 7.47. The summed E-state index contributed by atoms with van der Waals surface area (Å²) in [6.07, 6.45) is 1.31. The summed E-state index contributed by atoms with van der Waals surface area (Å²) in [5.74, 6) is 1.19. The summed E-state index contributed by atoms with van der Waals surface area (Å²) in [5.41, 5.74) is 1.85. The molecule has 0 N–H and O–H groups in total. The molecule has 0 aliphatic rings. The SMILES string of the molecule is C=CCn1c(SCc2csc(-c3ccccc3Cl)n2)nnc1C(C)Oc1ccc(F)cc1Cl. The van der Waals surface area contributed by atoms with Gasteiger partial charge in [0, 0.05) is 23.2 Å². The van der Waals surface area contributed by atoms with Crippen molar-refractivity contribution in [2.75, 3.05) is 0 Å². The molecule has 0 aliphatic carbocycles. The minimum absolute atomic E-state index is 0.198. The predicted molar refractivity (Wildman–Crippen MR) is 133 cm³/mol. The summed E-state index contributed by atoms with van der Waals surface area (Å²) in [6, 6.07) is 11.7. The van der Waals surface area contributed by atoms with Crippen LogP contribution in [0.4, 0.5) is 4.39 Å². The molecule has 2 heterocycles. The molecular weight excluding hydrogens is 502 g/mol. The highest BCUT2D eigenvalue weighted by Crippen LogP contribution is 2.33. The van der Waals surface area contributed by atoms with E-state index in [1.165, 1.54) is 30.0 Å². The second-order valence-electron chi connectivity index (χ2n) is 6.99. The van der Waals surface area contributed by atoms with Crippen LogP contribution in [-0.4, -0.2) is 19.7 Å². The van der Waals surface area contributed by atoms with Crippen molar-refractivity contribution >= 4 is 46.3 Å². The first kappa shape index (κ1) is 23.8. The highest BCUT2D eigenvalue weighted by atomic mass is 35.5. The van der Waals surface area contributed by atoms with Gasteiger partial charge in [-0.1, -0.05) is 59.2 Å². The first-order valence-electron chi connectivity index (χ1n) is 9.94. The van der Waals surface area contributed by atoms with Gasteiger partial charge in [0.15, 0.2) is 17.1 Å². The van der Waals surface area contributed by atoms with Crippen LogP contribution in [0.1, 0.15) is 24.5 Å². The lowest BCUT2D eigenvalue weighted by Crippen LogP contribution is -2.12. The second-order valence-corrected chi connectivity index (χ2v) is 9.60. The fourth-order valence-electron chi connectivity index (χ4n) is 3.09. The zero-order chi connectivity index (χ0) is 23.4. The van der Waals surface area contributed by atoms with E-state index < -0.39 is 11.9 Å². The number of hydrogen-bond acceptors (Lipinski definition) is 6. The summed E-state index contributed by atoms with van der Waals surface area (Å²) < 4.78 is 21.2. The maximum absolute atomic E-state index is 13.3.